The van der Waals surface area contributed by atoms with Crippen LogP contribution in [0.25, 0.3) is 0 Å². The zero-order valence-corrected chi connectivity index (χ0v) is 10.9. The van der Waals surface area contributed by atoms with E-state index in [1.165, 1.54) is 11.1 Å². The van der Waals surface area contributed by atoms with Crippen LogP contribution in [-0.4, -0.2) is 11.8 Å². The van der Waals surface area contributed by atoms with Crippen molar-refractivity contribution in [2.75, 3.05) is 0 Å². The molecular formula is C18H17N. The van der Waals surface area contributed by atoms with Crippen LogP contribution in [0.1, 0.15) is 11.1 Å². The van der Waals surface area contributed by atoms with E-state index in [1.54, 1.807) is 0 Å². The molecule has 0 aliphatic carbocycles. The third-order valence-corrected chi connectivity index (χ3v) is 3.53. The van der Waals surface area contributed by atoms with Crippen molar-refractivity contribution in [3.05, 3.63) is 83.9 Å². The van der Waals surface area contributed by atoms with Crippen LogP contribution >= 0.6 is 0 Å². The zero-order chi connectivity index (χ0) is 13.0. The smallest absolute Gasteiger partial charge is 0.0871 e. The first kappa shape index (κ1) is 11.9. The van der Waals surface area contributed by atoms with E-state index in [2.05, 4.69) is 72.8 Å². The number of hydrogen-bond donors (Lipinski definition) is 0. The number of benzene rings is 2. The van der Waals surface area contributed by atoms with E-state index in [-0.39, 0.29) is 5.54 Å². The monoisotopic (exact) mass is 247 g/mol. The van der Waals surface area contributed by atoms with E-state index in [0.29, 0.717) is 0 Å². The number of aliphatic imine (C=N–C) groups is 1. The van der Waals surface area contributed by atoms with Crippen molar-refractivity contribution in [3.63, 3.8) is 0 Å². The maximum Gasteiger partial charge on any atom is 0.0871 e. The van der Waals surface area contributed by atoms with Crippen molar-refractivity contribution in [1.29, 1.82) is 0 Å². The Bertz CT molecular complexity index is 526. The van der Waals surface area contributed by atoms with Crippen molar-refractivity contribution in [2.45, 2.75) is 18.4 Å². The summed E-state index contributed by atoms with van der Waals surface area (Å²) in [6.07, 6.45) is 8.12. The fourth-order valence-electron chi connectivity index (χ4n) is 2.63. The molecule has 0 spiro atoms. The summed E-state index contributed by atoms with van der Waals surface area (Å²) in [4.78, 5) is 4.72. The second-order valence-electron chi connectivity index (χ2n) is 5.07. The van der Waals surface area contributed by atoms with Gasteiger partial charge in [0, 0.05) is 19.1 Å². The van der Waals surface area contributed by atoms with Crippen LogP contribution in [0.5, 0.6) is 0 Å². The minimum absolute atomic E-state index is 0.108. The molecule has 1 heteroatoms. The van der Waals surface area contributed by atoms with Crippen molar-refractivity contribution in [1.82, 2.24) is 0 Å². The lowest BCUT2D eigenvalue weighted by atomic mass is 9.86. The van der Waals surface area contributed by atoms with E-state index in [4.69, 9.17) is 4.99 Å². The molecule has 1 nitrogen and oxygen atoms in total. The number of hydrogen-bond acceptors (Lipinski definition) is 1. The van der Waals surface area contributed by atoms with Crippen LogP contribution in [0.4, 0.5) is 0 Å². The Balaban J connectivity index is 1.84. The highest BCUT2D eigenvalue weighted by Gasteiger charge is 2.28. The summed E-state index contributed by atoms with van der Waals surface area (Å²) in [5.74, 6) is 0. The van der Waals surface area contributed by atoms with E-state index < -0.39 is 0 Å². The molecule has 94 valence electrons. The van der Waals surface area contributed by atoms with Gasteiger partial charge in [-0.3, -0.25) is 4.99 Å². The van der Waals surface area contributed by atoms with E-state index in [0.717, 1.165) is 12.8 Å². The van der Waals surface area contributed by atoms with Crippen LogP contribution in [0.2, 0.25) is 0 Å². The number of rotatable bonds is 4. The molecule has 0 aromatic heterocycles. The van der Waals surface area contributed by atoms with Gasteiger partial charge in [-0.2, -0.15) is 0 Å². The highest BCUT2D eigenvalue weighted by Crippen LogP contribution is 2.27. The van der Waals surface area contributed by atoms with Gasteiger partial charge in [-0.1, -0.05) is 66.7 Å². The minimum Gasteiger partial charge on any atom is -0.282 e. The Hall–Kier alpha value is -2.15. The molecule has 1 aliphatic heterocycles. The molecule has 0 atom stereocenters. The lowest BCUT2D eigenvalue weighted by Gasteiger charge is -2.24. The molecular weight excluding hydrogens is 230 g/mol. The average Bonchev–Trinajstić information content (AvgIpc) is 2.89. The first-order valence-electron chi connectivity index (χ1n) is 6.67. The Labute approximate surface area is 114 Å². The SMILES string of the molecule is C1=CC(Cc2ccccc2)(Cc2ccccc2)N=C1. The summed E-state index contributed by atoms with van der Waals surface area (Å²) in [5, 5.41) is 0. The van der Waals surface area contributed by atoms with Gasteiger partial charge in [0.25, 0.3) is 0 Å². The topological polar surface area (TPSA) is 12.4 Å². The molecule has 3 rings (SSSR count). The summed E-state index contributed by atoms with van der Waals surface area (Å²) in [6.45, 7) is 0. The largest absolute Gasteiger partial charge is 0.282 e. The fraction of sp³-hybridized carbons (Fsp3) is 0.167. The van der Waals surface area contributed by atoms with Crippen molar-refractivity contribution >= 4 is 6.21 Å². The van der Waals surface area contributed by atoms with Crippen molar-refractivity contribution < 1.29 is 0 Å². The molecule has 0 saturated heterocycles. The summed E-state index contributed by atoms with van der Waals surface area (Å²) in [7, 11) is 0. The lowest BCUT2D eigenvalue weighted by Crippen LogP contribution is -2.28. The Kier molecular flexibility index (Phi) is 3.28. The summed E-state index contributed by atoms with van der Waals surface area (Å²) >= 11 is 0. The summed E-state index contributed by atoms with van der Waals surface area (Å²) < 4.78 is 0. The first-order chi connectivity index (χ1) is 9.36. The second-order valence-corrected chi connectivity index (χ2v) is 5.07. The van der Waals surface area contributed by atoms with E-state index in [1.807, 2.05) is 6.21 Å². The molecule has 0 saturated carbocycles. The maximum atomic E-state index is 4.72. The van der Waals surface area contributed by atoms with Gasteiger partial charge < -0.3 is 0 Å². The third kappa shape index (κ3) is 2.82. The Morgan fingerprint density at radius 1 is 0.737 bits per heavy atom. The molecule has 1 aliphatic rings. The molecule has 0 N–H and O–H groups in total. The van der Waals surface area contributed by atoms with Crippen LogP contribution in [0.15, 0.2) is 77.8 Å². The highest BCUT2D eigenvalue weighted by molar-refractivity contribution is 5.75. The van der Waals surface area contributed by atoms with Crippen LogP contribution in [0.3, 0.4) is 0 Å². The zero-order valence-electron chi connectivity index (χ0n) is 10.9. The van der Waals surface area contributed by atoms with Gasteiger partial charge in [0.2, 0.25) is 0 Å². The minimum atomic E-state index is -0.108. The highest BCUT2D eigenvalue weighted by atomic mass is 14.9. The summed E-state index contributed by atoms with van der Waals surface area (Å²) in [5.41, 5.74) is 2.56. The molecule has 1 heterocycles. The molecule has 0 amide bonds. The van der Waals surface area contributed by atoms with Gasteiger partial charge in [0.1, 0.15) is 0 Å². The third-order valence-electron chi connectivity index (χ3n) is 3.53. The molecule has 0 unspecified atom stereocenters. The van der Waals surface area contributed by atoms with Gasteiger partial charge in [0.05, 0.1) is 5.54 Å². The Morgan fingerprint density at radius 3 is 1.68 bits per heavy atom. The van der Waals surface area contributed by atoms with E-state index >= 15 is 0 Å². The quantitative estimate of drug-likeness (QED) is 0.778. The molecule has 2 aromatic carbocycles. The molecule has 0 radical (unpaired) electrons. The number of allylic oxidation sites excluding steroid dienone is 1. The first-order valence-corrected chi connectivity index (χ1v) is 6.67. The van der Waals surface area contributed by atoms with Crippen LogP contribution in [0, 0.1) is 0 Å². The van der Waals surface area contributed by atoms with Gasteiger partial charge >= 0.3 is 0 Å². The van der Waals surface area contributed by atoms with Gasteiger partial charge in [-0.15, -0.1) is 0 Å². The van der Waals surface area contributed by atoms with Gasteiger partial charge in [-0.05, 0) is 17.2 Å². The van der Waals surface area contributed by atoms with Crippen LogP contribution < -0.4 is 0 Å². The summed E-state index contributed by atoms with van der Waals surface area (Å²) in [6, 6.07) is 21.2. The predicted molar refractivity (Wildman–Crippen MR) is 80.7 cm³/mol. The number of nitrogens with zero attached hydrogens (tertiary/aromatic N) is 1. The van der Waals surface area contributed by atoms with E-state index in [9.17, 15) is 0 Å². The van der Waals surface area contributed by atoms with Gasteiger partial charge in [-0.25, -0.2) is 0 Å². The molecule has 2 aromatic rings. The predicted octanol–water partition coefficient (Wildman–Crippen LogP) is 3.85. The van der Waals surface area contributed by atoms with Gasteiger partial charge in [0.15, 0.2) is 0 Å². The standard InChI is InChI=1S/C18H17N/c1-3-8-16(9-4-1)14-18(12-7-13-19-18)15-17-10-5-2-6-11-17/h1-13H,14-15H2. The molecule has 0 fully saturated rings. The maximum absolute atomic E-state index is 4.72. The van der Waals surface area contributed by atoms with Crippen molar-refractivity contribution in [3.8, 4) is 0 Å². The van der Waals surface area contributed by atoms with Crippen molar-refractivity contribution in [2.24, 2.45) is 4.99 Å². The second kappa shape index (κ2) is 5.23. The molecule has 19 heavy (non-hydrogen) atoms. The normalized spacial score (nSPS) is 15.8. The van der Waals surface area contributed by atoms with Crippen LogP contribution in [-0.2, 0) is 12.8 Å². The lowest BCUT2D eigenvalue weighted by molar-refractivity contribution is 0.534. The fourth-order valence-corrected chi connectivity index (χ4v) is 2.63. The Morgan fingerprint density at radius 2 is 1.26 bits per heavy atom. The molecule has 0 bridgehead atoms. The average molecular weight is 247 g/mol.